The van der Waals surface area contributed by atoms with Crippen molar-refractivity contribution in [2.24, 2.45) is 0 Å². The van der Waals surface area contributed by atoms with Crippen molar-refractivity contribution in [3.63, 3.8) is 0 Å². The highest BCUT2D eigenvalue weighted by Crippen LogP contribution is 2.35. The molecule has 0 aliphatic rings. The van der Waals surface area contributed by atoms with Gasteiger partial charge in [0.2, 0.25) is 0 Å². The molecular formula is C16H10O2. The fraction of sp³-hybridized carbons (Fsp3) is 0. The first-order valence-electron chi connectivity index (χ1n) is 5.86. The molecule has 0 radical (unpaired) electrons. The van der Waals surface area contributed by atoms with Crippen LogP contribution in [0.25, 0.3) is 32.7 Å². The van der Waals surface area contributed by atoms with Crippen molar-refractivity contribution in [1.29, 1.82) is 0 Å². The summed E-state index contributed by atoms with van der Waals surface area (Å²) in [4.78, 5) is 0. The van der Waals surface area contributed by atoms with Gasteiger partial charge < -0.3 is 9.52 Å². The van der Waals surface area contributed by atoms with Gasteiger partial charge in [-0.15, -0.1) is 0 Å². The Morgan fingerprint density at radius 3 is 2.56 bits per heavy atom. The van der Waals surface area contributed by atoms with Gasteiger partial charge in [0.05, 0.1) is 0 Å². The minimum atomic E-state index is 0.262. The van der Waals surface area contributed by atoms with Gasteiger partial charge in [-0.1, -0.05) is 30.3 Å². The van der Waals surface area contributed by atoms with Crippen LogP contribution >= 0.6 is 0 Å². The van der Waals surface area contributed by atoms with E-state index in [-0.39, 0.29) is 5.75 Å². The summed E-state index contributed by atoms with van der Waals surface area (Å²) in [6.45, 7) is 0. The zero-order valence-corrected chi connectivity index (χ0v) is 9.55. The molecule has 2 nitrogen and oxygen atoms in total. The van der Waals surface area contributed by atoms with E-state index in [0.29, 0.717) is 0 Å². The van der Waals surface area contributed by atoms with Gasteiger partial charge in [-0.3, -0.25) is 0 Å². The van der Waals surface area contributed by atoms with Crippen LogP contribution in [0.2, 0.25) is 0 Å². The summed E-state index contributed by atoms with van der Waals surface area (Å²) in [5, 5.41) is 14.0. The number of hydrogen-bond acceptors (Lipinski definition) is 2. The molecule has 1 heterocycles. The lowest BCUT2D eigenvalue weighted by atomic mass is 10.0. The van der Waals surface area contributed by atoms with E-state index in [9.17, 15) is 5.11 Å². The molecule has 0 aliphatic heterocycles. The van der Waals surface area contributed by atoms with Gasteiger partial charge in [0.25, 0.3) is 0 Å². The number of benzene rings is 3. The standard InChI is InChI=1S/C16H10O2/c17-11-6-8-14-13(9-11)16-12-4-2-1-3-10(12)5-7-15(16)18-14/h1-9,17H. The maximum absolute atomic E-state index is 9.64. The van der Waals surface area contributed by atoms with Crippen LogP contribution in [0.5, 0.6) is 5.75 Å². The summed E-state index contributed by atoms with van der Waals surface area (Å²) in [5.41, 5.74) is 1.66. The summed E-state index contributed by atoms with van der Waals surface area (Å²) in [5.74, 6) is 0.262. The number of phenols is 1. The van der Waals surface area contributed by atoms with E-state index in [1.54, 1.807) is 18.2 Å². The average molecular weight is 234 g/mol. The predicted molar refractivity (Wildman–Crippen MR) is 72.9 cm³/mol. The Hall–Kier alpha value is -2.48. The summed E-state index contributed by atoms with van der Waals surface area (Å²) in [6, 6.07) is 17.4. The molecule has 0 bridgehead atoms. The minimum absolute atomic E-state index is 0.262. The lowest BCUT2D eigenvalue weighted by Gasteiger charge is -1.98. The molecule has 86 valence electrons. The van der Waals surface area contributed by atoms with Crippen molar-refractivity contribution in [2.75, 3.05) is 0 Å². The SMILES string of the molecule is Oc1ccc2oc3ccc4ccccc4c3c2c1. The molecule has 0 saturated heterocycles. The zero-order valence-electron chi connectivity index (χ0n) is 9.55. The van der Waals surface area contributed by atoms with Crippen molar-refractivity contribution in [2.45, 2.75) is 0 Å². The number of phenolic OH excluding ortho intramolecular Hbond substituents is 1. The second-order valence-corrected chi connectivity index (χ2v) is 4.44. The van der Waals surface area contributed by atoms with E-state index in [1.807, 2.05) is 18.2 Å². The largest absolute Gasteiger partial charge is 0.508 e. The van der Waals surface area contributed by atoms with Crippen molar-refractivity contribution in [3.8, 4) is 5.75 Å². The van der Waals surface area contributed by atoms with E-state index in [2.05, 4.69) is 18.2 Å². The molecule has 1 N–H and O–H groups in total. The molecule has 4 aromatic rings. The molecule has 0 atom stereocenters. The fourth-order valence-corrected chi connectivity index (χ4v) is 2.54. The summed E-state index contributed by atoms with van der Waals surface area (Å²) >= 11 is 0. The van der Waals surface area contributed by atoms with Crippen LogP contribution in [0, 0.1) is 0 Å². The molecule has 0 fully saturated rings. The van der Waals surface area contributed by atoms with Crippen LogP contribution in [0.15, 0.2) is 59.0 Å². The lowest BCUT2D eigenvalue weighted by molar-refractivity contribution is 0.476. The zero-order chi connectivity index (χ0) is 12.1. The van der Waals surface area contributed by atoms with Crippen LogP contribution in [0.1, 0.15) is 0 Å². The van der Waals surface area contributed by atoms with Crippen LogP contribution in [0.3, 0.4) is 0 Å². The maximum Gasteiger partial charge on any atom is 0.136 e. The topological polar surface area (TPSA) is 33.4 Å². The highest BCUT2D eigenvalue weighted by Gasteiger charge is 2.10. The van der Waals surface area contributed by atoms with Crippen LogP contribution < -0.4 is 0 Å². The molecule has 0 saturated carbocycles. The van der Waals surface area contributed by atoms with Gasteiger partial charge in [0.1, 0.15) is 16.9 Å². The highest BCUT2D eigenvalue weighted by atomic mass is 16.3. The Morgan fingerprint density at radius 2 is 1.61 bits per heavy atom. The Morgan fingerprint density at radius 1 is 0.778 bits per heavy atom. The third-order valence-electron chi connectivity index (χ3n) is 3.34. The van der Waals surface area contributed by atoms with E-state index >= 15 is 0 Å². The van der Waals surface area contributed by atoms with Crippen LogP contribution in [0.4, 0.5) is 0 Å². The Labute approximate surface area is 103 Å². The second kappa shape index (κ2) is 3.26. The number of aromatic hydroxyl groups is 1. The highest BCUT2D eigenvalue weighted by molar-refractivity contribution is 6.18. The molecule has 3 aromatic carbocycles. The molecule has 2 heteroatoms. The average Bonchev–Trinajstić information content (AvgIpc) is 2.77. The molecule has 18 heavy (non-hydrogen) atoms. The number of furan rings is 1. The van der Waals surface area contributed by atoms with Gasteiger partial charge in [-0.05, 0) is 35.0 Å². The first-order chi connectivity index (χ1) is 8.83. The smallest absolute Gasteiger partial charge is 0.136 e. The van der Waals surface area contributed by atoms with Gasteiger partial charge in [-0.2, -0.15) is 0 Å². The second-order valence-electron chi connectivity index (χ2n) is 4.44. The normalized spacial score (nSPS) is 11.6. The fourth-order valence-electron chi connectivity index (χ4n) is 2.54. The first kappa shape index (κ1) is 9.54. The first-order valence-corrected chi connectivity index (χ1v) is 5.86. The molecule has 0 amide bonds. The quantitative estimate of drug-likeness (QED) is 0.487. The van der Waals surface area contributed by atoms with E-state index < -0.39 is 0 Å². The molecule has 0 unspecified atom stereocenters. The Bertz CT molecular complexity index is 887. The molecule has 0 spiro atoms. The molecular weight excluding hydrogens is 224 g/mol. The number of fused-ring (bicyclic) bond motifs is 5. The van der Waals surface area contributed by atoms with Gasteiger partial charge in [0.15, 0.2) is 0 Å². The van der Waals surface area contributed by atoms with Crippen molar-refractivity contribution >= 4 is 32.7 Å². The van der Waals surface area contributed by atoms with Crippen molar-refractivity contribution < 1.29 is 9.52 Å². The molecule has 0 aliphatic carbocycles. The van der Waals surface area contributed by atoms with E-state index in [1.165, 1.54) is 5.39 Å². The van der Waals surface area contributed by atoms with Crippen LogP contribution in [-0.2, 0) is 0 Å². The van der Waals surface area contributed by atoms with E-state index in [4.69, 9.17) is 4.42 Å². The Balaban J connectivity index is 2.35. The predicted octanol–water partition coefficient (Wildman–Crippen LogP) is 4.44. The summed E-state index contributed by atoms with van der Waals surface area (Å²) < 4.78 is 5.80. The Kier molecular flexibility index (Phi) is 1.73. The third-order valence-corrected chi connectivity index (χ3v) is 3.34. The van der Waals surface area contributed by atoms with Gasteiger partial charge >= 0.3 is 0 Å². The van der Waals surface area contributed by atoms with E-state index in [0.717, 1.165) is 27.3 Å². The van der Waals surface area contributed by atoms with Crippen molar-refractivity contribution in [1.82, 2.24) is 0 Å². The number of rotatable bonds is 0. The number of hydrogen-bond donors (Lipinski definition) is 1. The minimum Gasteiger partial charge on any atom is -0.508 e. The lowest BCUT2D eigenvalue weighted by Crippen LogP contribution is -1.73. The van der Waals surface area contributed by atoms with Crippen LogP contribution in [-0.4, -0.2) is 5.11 Å². The summed E-state index contributed by atoms with van der Waals surface area (Å²) in [7, 11) is 0. The monoisotopic (exact) mass is 234 g/mol. The third kappa shape index (κ3) is 1.17. The molecule has 1 aromatic heterocycles. The maximum atomic E-state index is 9.64. The van der Waals surface area contributed by atoms with Gasteiger partial charge in [0, 0.05) is 10.8 Å². The molecule has 4 rings (SSSR count). The van der Waals surface area contributed by atoms with Gasteiger partial charge in [-0.25, -0.2) is 0 Å². The summed E-state index contributed by atoms with van der Waals surface area (Å²) in [6.07, 6.45) is 0. The van der Waals surface area contributed by atoms with Crippen molar-refractivity contribution in [3.05, 3.63) is 54.6 Å².